The van der Waals surface area contributed by atoms with Crippen molar-refractivity contribution in [3.05, 3.63) is 65.9 Å². The van der Waals surface area contributed by atoms with E-state index in [1.54, 1.807) is 19.2 Å². The number of primary amides is 1. The first kappa shape index (κ1) is 24.4. The van der Waals surface area contributed by atoms with Gasteiger partial charge in [0.15, 0.2) is 0 Å². The molecule has 2 aromatic carbocycles. The standard InChI is InChI=1S/C27H31N5O3S/c1-27(10-11-27)32-14-12-31(13-15-32)26-29-17-23(36-22-8-6-20(7-9-22)24(28)33)25(30-26)35-18-19-4-3-5-21(16-19)34-2/h3-9,16-17H,10-15,18H2,1-2H3,(H2,28,33). The van der Waals surface area contributed by atoms with Gasteiger partial charge in [-0.05, 0) is 61.7 Å². The highest BCUT2D eigenvalue weighted by Gasteiger charge is 2.44. The van der Waals surface area contributed by atoms with Crippen molar-refractivity contribution in [2.45, 2.75) is 41.7 Å². The molecule has 2 aliphatic rings. The van der Waals surface area contributed by atoms with Crippen LogP contribution in [0.2, 0.25) is 0 Å². The summed E-state index contributed by atoms with van der Waals surface area (Å²) in [5.74, 6) is 1.55. The van der Waals surface area contributed by atoms with E-state index in [2.05, 4.69) is 16.7 Å². The van der Waals surface area contributed by atoms with Gasteiger partial charge in [-0.25, -0.2) is 4.98 Å². The second-order valence-corrected chi connectivity index (χ2v) is 10.6. The number of nitrogens with zero attached hydrogens (tertiary/aromatic N) is 4. The van der Waals surface area contributed by atoms with Crippen molar-refractivity contribution in [1.82, 2.24) is 14.9 Å². The van der Waals surface area contributed by atoms with Gasteiger partial charge < -0.3 is 20.1 Å². The molecule has 0 unspecified atom stereocenters. The molecule has 2 N–H and O–H groups in total. The molecule has 0 atom stereocenters. The summed E-state index contributed by atoms with van der Waals surface area (Å²) < 4.78 is 11.6. The summed E-state index contributed by atoms with van der Waals surface area (Å²) in [7, 11) is 1.65. The highest BCUT2D eigenvalue weighted by molar-refractivity contribution is 7.99. The second kappa shape index (κ2) is 10.4. The van der Waals surface area contributed by atoms with E-state index in [9.17, 15) is 4.79 Å². The SMILES string of the molecule is COc1cccc(COc2nc(N3CCN(C4(C)CC4)CC3)ncc2Sc2ccc(C(N)=O)cc2)c1. The van der Waals surface area contributed by atoms with Gasteiger partial charge in [0, 0.05) is 42.2 Å². The van der Waals surface area contributed by atoms with Gasteiger partial charge in [-0.15, -0.1) is 0 Å². The minimum atomic E-state index is -0.447. The van der Waals surface area contributed by atoms with Gasteiger partial charge >= 0.3 is 0 Å². The number of anilines is 1. The average Bonchev–Trinajstić information content (AvgIpc) is 3.67. The molecule has 1 amide bonds. The predicted octanol–water partition coefficient (Wildman–Crippen LogP) is 3.99. The number of amides is 1. The van der Waals surface area contributed by atoms with Crippen molar-refractivity contribution in [3.63, 3.8) is 0 Å². The first-order chi connectivity index (χ1) is 17.4. The zero-order valence-corrected chi connectivity index (χ0v) is 21.5. The maximum Gasteiger partial charge on any atom is 0.248 e. The maximum absolute atomic E-state index is 11.4. The molecule has 0 radical (unpaired) electrons. The summed E-state index contributed by atoms with van der Waals surface area (Å²) in [6.07, 6.45) is 4.40. The van der Waals surface area contributed by atoms with Crippen LogP contribution < -0.4 is 20.1 Å². The third-order valence-electron chi connectivity index (χ3n) is 6.89. The number of carbonyl (C=O) groups is 1. The second-order valence-electron chi connectivity index (χ2n) is 9.44. The quantitative estimate of drug-likeness (QED) is 0.467. The summed E-state index contributed by atoms with van der Waals surface area (Å²) in [5, 5.41) is 0. The molecule has 1 saturated heterocycles. The summed E-state index contributed by atoms with van der Waals surface area (Å²) in [6, 6.07) is 15.0. The van der Waals surface area contributed by atoms with Crippen molar-refractivity contribution < 1.29 is 14.3 Å². The molecule has 1 aliphatic heterocycles. The van der Waals surface area contributed by atoms with Crippen LogP contribution in [0.5, 0.6) is 11.6 Å². The van der Waals surface area contributed by atoms with Crippen LogP contribution in [0.1, 0.15) is 35.7 Å². The smallest absolute Gasteiger partial charge is 0.248 e. The molecule has 2 heterocycles. The molecule has 0 bridgehead atoms. The molecule has 36 heavy (non-hydrogen) atoms. The zero-order valence-electron chi connectivity index (χ0n) is 20.6. The topological polar surface area (TPSA) is 93.8 Å². The van der Waals surface area contributed by atoms with Crippen LogP contribution in [0.4, 0.5) is 5.95 Å². The maximum atomic E-state index is 11.4. The number of aromatic nitrogens is 2. The Kier molecular flexibility index (Phi) is 7.02. The molecule has 1 aromatic heterocycles. The van der Waals surface area contributed by atoms with Gasteiger partial charge in [-0.3, -0.25) is 9.69 Å². The van der Waals surface area contributed by atoms with Gasteiger partial charge in [0.2, 0.25) is 17.7 Å². The van der Waals surface area contributed by atoms with E-state index in [0.717, 1.165) is 47.3 Å². The van der Waals surface area contributed by atoms with Crippen LogP contribution in [0, 0.1) is 0 Å². The van der Waals surface area contributed by atoms with Crippen LogP contribution in [-0.2, 0) is 6.61 Å². The van der Waals surface area contributed by atoms with E-state index in [1.165, 1.54) is 24.6 Å². The van der Waals surface area contributed by atoms with E-state index in [1.807, 2.05) is 42.6 Å². The first-order valence-electron chi connectivity index (χ1n) is 12.1. The Morgan fingerprint density at radius 2 is 1.86 bits per heavy atom. The van der Waals surface area contributed by atoms with Gasteiger partial charge in [-0.2, -0.15) is 4.98 Å². The van der Waals surface area contributed by atoms with Crippen molar-refractivity contribution in [2.24, 2.45) is 5.73 Å². The van der Waals surface area contributed by atoms with Gasteiger partial charge in [0.1, 0.15) is 12.4 Å². The molecule has 0 spiro atoms. The molecule has 188 valence electrons. The van der Waals surface area contributed by atoms with Gasteiger partial charge in [0.25, 0.3) is 0 Å². The average molecular weight is 506 g/mol. The number of carbonyl (C=O) groups excluding carboxylic acids is 1. The summed E-state index contributed by atoms with van der Waals surface area (Å²) in [4.78, 5) is 27.5. The number of methoxy groups -OCH3 is 1. The van der Waals surface area contributed by atoms with Gasteiger partial charge in [-0.1, -0.05) is 23.9 Å². The molecule has 9 heteroatoms. The van der Waals surface area contributed by atoms with Crippen molar-refractivity contribution in [3.8, 4) is 11.6 Å². The number of ether oxygens (including phenoxy) is 2. The van der Waals surface area contributed by atoms with Crippen molar-refractivity contribution in [2.75, 3.05) is 38.2 Å². The van der Waals surface area contributed by atoms with Crippen molar-refractivity contribution >= 4 is 23.6 Å². The first-order valence-corrected chi connectivity index (χ1v) is 13.0. The van der Waals surface area contributed by atoms with E-state index < -0.39 is 5.91 Å². The summed E-state index contributed by atoms with van der Waals surface area (Å²) in [5.41, 5.74) is 7.23. The van der Waals surface area contributed by atoms with Crippen molar-refractivity contribution in [1.29, 1.82) is 0 Å². The Hall–Kier alpha value is -3.30. The third-order valence-corrected chi connectivity index (χ3v) is 7.89. The number of hydrogen-bond acceptors (Lipinski definition) is 8. The lowest BCUT2D eigenvalue weighted by Gasteiger charge is -2.38. The number of nitrogens with two attached hydrogens (primary N) is 1. The fraction of sp³-hybridized carbons (Fsp3) is 0.370. The monoisotopic (exact) mass is 505 g/mol. The normalized spacial score (nSPS) is 17.0. The lowest BCUT2D eigenvalue weighted by Crippen LogP contribution is -2.51. The largest absolute Gasteiger partial charge is 0.497 e. The van der Waals surface area contributed by atoms with Gasteiger partial charge in [0.05, 0.1) is 18.2 Å². The van der Waals surface area contributed by atoms with Crippen LogP contribution in [-0.4, -0.2) is 59.6 Å². The van der Waals surface area contributed by atoms with E-state index >= 15 is 0 Å². The third kappa shape index (κ3) is 5.57. The Bertz CT molecular complexity index is 1220. The molecular weight excluding hydrogens is 474 g/mol. The van der Waals surface area contributed by atoms with Crippen LogP contribution in [0.15, 0.2) is 64.5 Å². The van der Waals surface area contributed by atoms with E-state index in [-0.39, 0.29) is 0 Å². The minimum absolute atomic E-state index is 0.355. The van der Waals surface area contributed by atoms with E-state index in [4.69, 9.17) is 25.2 Å². The minimum Gasteiger partial charge on any atom is -0.497 e. The fourth-order valence-corrected chi connectivity index (χ4v) is 5.17. The molecule has 1 saturated carbocycles. The highest BCUT2D eigenvalue weighted by atomic mass is 32.2. The van der Waals surface area contributed by atoms with Crippen LogP contribution in [0.3, 0.4) is 0 Å². The summed E-state index contributed by atoms with van der Waals surface area (Å²) >= 11 is 1.49. The molecule has 8 nitrogen and oxygen atoms in total. The lowest BCUT2D eigenvalue weighted by molar-refractivity contribution is 0.1000. The Morgan fingerprint density at radius 1 is 1.11 bits per heavy atom. The number of benzene rings is 2. The molecule has 3 aromatic rings. The Labute approximate surface area is 215 Å². The van der Waals surface area contributed by atoms with E-state index in [0.29, 0.717) is 29.5 Å². The fourth-order valence-electron chi connectivity index (χ4n) is 4.34. The highest BCUT2D eigenvalue weighted by Crippen LogP contribution is 2.41. The molecule has 2 fully saturated rings. The Morgan fingerprint density at radius 3 is 2.53 bits per heavy atom. The number of hydrogen-bond donors (Lipinski definition) is 1. The summed E-state index contributed by atoms with van der Waals surface area (Å²) in [6.45, 7) is 6.53. The van der Waals surface area contributed by atoms with Crippen LogP contribution >= 0.6 is 11.8 Å². The Balaban J connectivity index is 1.35. The number of rotatable bonds is 9. The zero-order chi connectivity index (χ0) is 25.1. The molecule has 1 aliphatic carbocycles. The number of piperazine rings is 1. The molecule has 5 rings (SSSR count). The molecular formula is C27H31N5O3S. The predicted molar refractivity (Wildman–Crippen MR) is 140 cm³/mol. The van der Waals surface area contributed by atoms with Crippen LogP contribution in [0.25, 0.3) is 0 Å². The lowest BCUT2D eigenvalue weighted by atomic mass is 10.2.